The summed E-state index contributed by atoms with van der Waals surface area (Å²) < 4.78 is 0. The smallest absolute Gasteiger partial charge is 0.269 e. The van der Waals surface area contributed by atoms with Crippen molar-refractivity contribution >= 4 is 40.2 Å². The molecule has 0 aliphatic carbocycles. The first-order valence-corrected chi connectivity index (χ1v) is 9.92. The molecular formula is C23H15N3O3S. The van der Waals surface area contributed by atoms with Crippen LogP contribution in [-0.2, 0) is 0 Å². The predicted octanol–water partition coefficient (Wildman–Crippen LogP) is 5.98. The van der Waals surface area contributed by atoms with E-state index in [1.165, 1.54) is 18.2 Å². The predicted molar refractivity (Wildman–Crippen MR) is 116 cm³/mol. The second-order valence-electron chi connectivity index (χ2n) is 6.60. The fourth-order valence-corrected chi connectivity index (χ4v) is 4.29. The molecule has 0 atom stereocenters. The van der Waals surface area contributed by atoms with Crippen molar-refractivity contribution in [3.05, 3.63) is 94.0 Å². The third-order valence-electron chi connectivity index (χ3n) is 4.73. The summed E-state index contributed by atoms with van der Waals surface area (Å²) in [6.07, 6.45) is 1.32. The first-order valence-electron chi connectivity index (χ1n) is 9.10. The molecule has 6 nitrogen and oxygen atoms in total. The molecule has 1 aliphatic heterocycles. The van der Waals surface area contributed by atoms with Crippen LogP contribution in [0.25, 0.3) is 5.57 Å². The molecule has 30 heavy (non-hydrogen) atoms. The van der Waals surface area contributed by atoms with E-state index in [1.807, 2.05) is 42.5 Å². The molecule has 7 heteroatoms. The number of para-hydroxylation sites is 2. The molecule has 0 unspecified atom stereocenters. The Morgan fingerprint density at radius 3 is 2.53 bits per heavy atom. The molecule has 3 aromatic rings. The number of carbonyl (C=O) groups excluding carboxylic acids is 1. The molecule has 3 aromatic carbocycles. The van der Waals surface area contributed by atoms with Gasteiger partial charge < -0.3 is 5.32 Å². The highest BCUT2D eigenvalue weighted by molar-refractivity contribution is 7.99. The Balaban J connectivity index is 1.63. The van der Waals surface area contributed by atoms with Crippen molar-refractivity contribution in [2.75, 3.05) is 5.32 Å². The normalized spacial score (nSPS) is 12.2. The van der Waals surface area contributed by atoms with Crippen LogP contribution in [0, 0.1) is 21.4 Å². The van der Waals surface area contributed by atoms with Crippen LogP contribution in [0.4, 0.5) is 17.1 Å². The van der Waals surface area contributed by atoms with Gasteiger partial charge in [-0.15, -0.1) is 0 Å². The van der Waals surface area contributed by atoms with E-state index in [9.17, 15) is 14.9 Å². The molecule has 0 saturated carbocycles. The van der Waals surface area contributed by atoms with Crippen LogP contribution in [-0.4, -0.2) is 10.7 Å². The van der Waals surface area contributed by atoms with Gasteiger partial charge in [0.15, 0.2) is 5.78 Å². The van der Waals surface area contributed by atoms with Crippen molar-refractivity contribution in [3.63, 3.8) is 0 Å². The zero-order valence-electron chi connectivity index (χ0n) is 15.7. The van der Waals surface area contributed by atoms with Gasteiger partial charge >= 0.3 is 0 Å². The maximum Gasteiger partial charge on any atom is 0.269 e. The standard InChI is InChI=1S/C23H15N3O3S/c24-13-12-16(15-8-10-17(11-9-15)26(28)29)14-20(27)18-4-3-7-22-23(18)25-19-5-1-2-6-21(19)30-22/h1-12,25H,14H2. The Bertz CT molecular complexity index is 1230. The molecule has 0 spiro atoms. The average molecular weight is 413 g/mol. The van der Waals surface area contributed by atoms with Crippen molar-refractivity contribution in [3.8, 4) is 6.07 Å². The number of nitrogens with zero attached hydrogens (tertiary/aromatic N) is 2. The molecule has 1 N–H and O–H groups in total. The van der Waals surface area contributed by atoms with Crippen LogP contribution >= 0.6 is 11.8 Å². The number of nitro groups is 1. The molecular weight excluding hydrogens is 398 g/mol. The van der Waals surface area contributed by atoms with Crippen LogP contribution < -0.4 is 5.32 Å². The lowest BCUT2D eigenvalue weighted by Crippen LogP contribution is -2.08. The Morgan fingerprint density at radius 2 is 1.80 bits per heavy atom. The maximum atomic E-state index is 13.2. The number of carbonyl (C=O) groups is 1. The lowest BCUT2D eigenvalue weighted by Gasteiger charge is -2.23. The molecule has 0 radical (unpaired) electrons. The number of nitriles is 1. The van der Waals surface area contributed by atoms with Crippen LogP contribution in [0.5, 0.6) is 0 Å². The van der Waals surface area contributed by atoms with Gasteiger partial charge in [0.25, 0.3) is 5.69 Å². The molecule has 0 amide bonds. The highest BCUT2D eigenvalue weighted by Crippen LogP contribution is 2.45. The van der Waals surface area contributed by atoms with E-state index in [-0.39, 0.29) is 17.9 Å². The quantitative estimate of drug-likeness (QED) is 0.187. The minimum absolute atomic E-state index is 0.00974. The number of nitrogens with one attached hydrogen (secondary N) is 1. The number of hydrogen-bond acceptors (Lipinski definition) is 6. The second-order valence-corrected chi connectivity index (χ2v) is 7.69. The molecule has 0 fully saturated rings. The summed E-state index contributed by atoms with van der Waals surface area (Å²) in [4.78, 5) is 25.6. The van der Waals surface area contributed by atoms with Crippen LogP contribution in [0.2, 0.25) is 0 Å². The Hall–Kier alpha value is -3.89. The molecule has 0 aromatic heterocycles. The number of nitro benzene ring substituents is 1. The van der Waals surface area contributed by atoms with Crippen molar-refractivity contribution in [1.29, 1.82) is 5.26 Å². The topological polar surface area (TPSA) is 96.0 Å². The molecule has 0 saturated heterocycles. The van der Waals surface area contributed by atoms with Gasteiger partial charge in [0, 0.05) is 40.0 Å². The highest BCUT2D eigenvalue weighted by atomic mass is 32.2. The molecule has 0 bridgehead atoms. The Morgan fingerprint density at radius 1 is 1.07 bits per heavy atom. The Labute approximate surface area is 177 Å². The van der Waals surface area contributed by atoms with Crippen molar-refractivity contribution in [2.24, 2.45) is 0 Å². The zero-order chi connectivity index (χ0) is 21.1. The highest BCUT2D eigenvalue weighted by Gasteiger charge is 2.22. The molecule has 4 rings (SSSR count). The van der Waals surface area contributed by atoms with Gasteiger partial charge in [-0.1, -0.05) is 30.0 Å². The lowest BCUT2D eigenvalue weighted by molar-refractivity contribution is -0.384. The third kappa shape index (κ3) is 3.81. The summed E-state index contributed by atoms with van der Waals surface area (Å²) in [6, 6.07) is 21.3. The number of Topliss-reactive ketones (excluding diaryl/α,β-unsaturated/α-hetero) is 1. The number of benzene rings is 3. The van der Waals surface area contributed by atoms with E-state index >= 15 is 0 Å². The summed E-state index contributed by atoms with van der Waals surface area (Å²) >= 11 is 1.60. The number of rotatable bonds is 5. The van der Waals surface area contributed by atoms with E-state index in [0.717, 1.165) is 21.2 Å². The number of fused-ring (bicyclic) bond motifs is 2. The Kier molecular flexibility index (Phi) is 5.33. The first-order chi connectivity index (χ1) is 14.6. The van der Waals surface area contributed by atoms with E-state index in [4.69, 9.17) is 5.26 Å². The largest absolute Gasteiger partial charge is 0.353 e. The number of anilines is 2. The van der Waals surface area contributed by atoms with Gasteiger partial charge in [0.2, 0.25) is 0 Å². The molecule has 1 aliphatic rings. The summed E-state index contributed by atoms with van der Waals surface area (Å²) in [5.74, 6) is -0.140. The fourth-order valence-electron chi connectivity index (χ4n) is 3.27. The minimum atomic E-state index is -0.486. The van der Waals surface area contributed by atoms with Gasteiger partial charge in [-0.25, -0.2) is 0 Å². The van der Waals surface area contributed by atoms with Crippen molar-refractivity contribution < 1.29 is 9.72 Å². The van der Waals surface area contributed by atoms with Crippen LogP contribution in [0.1, 0.15) is 22.3 Å². The minimum Gasteiger partial charge on any atom is -0.353 e. The van der Waals surface area contributed by atoms with Gasteiger partial charge in [0.05, 0.1) is 22.4 Å². The lowest BCUT2D eigenvalue weighted by atomic mass is 9.96. The summed E-state index contributed by atoms with van der Waals surface area (Å²) in [7, 11) is 0. The summed E-state index contributed by atoms with van der Waals surface area (Å²) in [6.45, 7) is 0. The van der Waals surface area contributed by atoms with E-state index in [1.54, 1.807) is 30.0 Å². The average Bonchev–Trinajstić information content (AvgIpc) is 2.77. The summed E-state index contributed by atoms with van der Waals surface area (Å²) in [5, 5.41) is 23.4. The SMILES string of the molecule is N#CC=C(CC(=O)c1cccc2c1Nc1ccccc1S2)c1ccc([N+](=O)[O-])cc1. The molecule has 1 heterocycles. The van der Waals surface area contributed by atoms with E-state index < -0.39 is 4.92 Å². The summed E-state index contributed by atoms with van der Waals surface area (Å²) in [5.41, 5.74) is 3.31. The molecule has 146 valence electrons. The number of allylic oxidation sites excluding steroid dienone is 2. The van der Waals surface area contributed by atoms with Gasteiger partial charge in [-0.3, -0.25) is 14.9 Å². The van der Waals surface area contributed by atoms with Gasteiger partial charge in [0.1, 0.15) is 0 Å². The van der Waals surface area contributed by atoms with E-state index in [2.05, 4.69) is 5.32 Å². The van der Waals surface area contributed by atoms with Crippen molar-refractivity contribution in [1.82, 2.24) is 0 Å². The van der Waals surface area contributed by atoms with Crippen LogP contribution in [0.15, 0.2) is 82.6 Å². The second kappa shape index (κ2) is 8.23. The maximum absolute atomic E-state index is 13.2. The van der Waals surface area contributed by atoms with E-state index in [0.29, 0.717) is 16.7 Å². The van der Waals surface area contributed by atoms with Crippen LogP contribution in [0.3, 0.4) is 0 Å². The number of hydrogen-bond donors (Lipinski definition) is 1. The number of ketones is 1. The zero-order valence-corrected chi connectivity index (χ0v) is 16.5. The van der Waals surface area contributed by atoms with Gasteiger partial charge in [-0.2, -0.15) is 5.26 Å². The first kappa shape index (κ1) is 19.4. The van der Waals surface area contributed by atoms with Crippen molar-refractivity contribution in [2.45, 2.75) is 16.2 Å². The third-order valence-corrected chi connectivity index (χ3v) is 5.87. The van der Waals surface area contributed by atoms with Gasteiger partial charge in [-0.05, 0) is 47.5 Å². The monoisotopic (exact) mass is 413 g/mol. The fraction of sp³-hybridized carbons (Fsp3) is 0.0435. The number of non-ortho nitro benzene ring substituents is 1.